The van der Waals surface area contributed by atoms with E-state index >= 15 is 0 Å². The zero-order valence-electron chi connectivity index (χ0n) is 13.4. The molecule has 0 radical (unpaired) electrons. The number of benzene rings is 1. The summed E-state index contributed by atoms with van der Waals surface area (Å²) in [7, 11) is 1.63. The largest absolute Gasteiger partial charge is 0.497 e. The number of ether oxygens (including phenoxy) is 1. The van der Waals surface area contributed by atoms with E-state index in [1.54, 1.807) is 7.11 Å². The average molecular weight is 342 g/mol. The second kappa shape index (κ2) is 6.97. The van der Waals surface area contributed by atoms with Crippen LogP contribution in [0.5, 0.6) is 5.75 Å². The molecule has 6 nitrogen and oxygen atoms in total. The van der Waals surface area contributed by atoms with Crippen molar-refractivity contribution in [3.8, 4) is 11.8 Å². The van der Waals surface area contributed by atoms with Crippen LogP contribution in [0.4, 0.5) is 5.13 Å². The first-order valence-corrected chi connectivity index (χ1v) is 8.65. The highest BCUT2D eigenvalue weighted by Crippen LogP contribution is 2.38. The van der Waals surface area contributed by atoms with Gasteiger partial charge in [0, 0.05) is 6.42 Å². The molecule has 1 aromatic carbocycles. The highest BCUT2D eigenvalue weighted by atomic mass is 32.1. The molecule has 1 N–H and O–H groups in total. The molecule has 24 heavy (non-hydrogen) atoms. The molecular formula is C17H18N4O2S. The van der Waals surface area contributed by atoms with Gasteiger partial charge in [-0.05, 0) is 30.5 Å². The van der Waals surface area contributed by atoms with Gasteiger partial charge in [0.15, 0.2) is 0 Å². The van der Waals surface area contributed by atoms with E-state index in [0.717, 1.165) is 29.2 Å². The number of rotatable bonds is 5. The molecule has 1 aliphatic rings. The van der Waals surface area contributed by atoms with Crippen molar-refractivity contribution < 1.29 is 9.53 Å². The monoisotopic (exact) mass is 342 g/mol. The quantitative estimate of drug-likeness (QED) is 0.902. The first-order chi connectivity index (χ1) is 11.6. The summed E-state index contributed by atoms with van der Waals surface area (Å²) in [4.78, 5) is 12.4. The Balaban J connectivity index is 1.67. The summed E-state index contributed by atoms with van der Waals surface area (Å²) in [6.07, 6.45) is 3.68. The molecule has 0 bridgehead atoms. The van der Waals surface area contributed by atoms with E-state index in [1.165, 1.54) is 11.3 Å². The minimum Gasteiger partial charge on any atom is -0.497 e. The lowest BCUT2D eigenvalue weighted by Gasteiger charge is -2.17. The molecule has 2 aromatic rings. The van der Waals surface area contributed by atoms with E-state index < -0.39 is 5.41 Å². The predicted molar refractivity (Wildman–Crippen MR) is 90.9 cm³/mol. The van der Waals surface area contributed by atoms with E-state index in [0.29, 0.717) is 24.4 Å². The SMILES string of the molecule is COc1cccc(Cc2nnc(NC(=O)C3(C#N)CCCC3)s2)c1. The lowest BCUT2D eigenvalue weighted by atomic mass is 9.87. The lowest BCUT2D eigenvalue weighted by Crippen LogP contribution is -2.32. The van der Waals surface area contributed by atoms with Crippen LogP contribution in [-0.2, 0) is 11.2 Å². The molecule has 7 heteroatoms. The molecule has 1 aromatic heterocycles. The molecule has 0 spiro atoms. The highest BCUT2D eigenvalue weighted by Gasteiger charge is 2.41. The second-order valence-electron chi connectivity index (χ2n) is 5.88. The Kier molecular flexibility index (Phi) is 4.76. The van der Waals surface area contributed by atoms with Crippen LogP contribution >= 0.6 is 11.3 Å². The third kappa shape index (κ3) is 3.39. The molecule has 1 heterocycles. The number of amides is 1. The van der Waals surface area contributed by atoms with Crippen molar-refractivity contribution in [3.63, 3.8) is 0 Å². The maximum atomic E-state index is 12.4. The fourth-order valence-corrected chi connectivity index (χ4v) is 3.69. The summed E-state index contributed by atoms with van der Waals surface area (Å²) >= 11 is 1.33. The number of nitrogens with one attached hydrogen (secondary N) is 1. The topological polar surface area (TPSA) is 87.9 Å². The smallest absolute Gasteiger partial charge is 0.246 e. The number of methoxy groups -OCH3 is 1. The van der Waals surface area contributed by atoms with Gasteiger partial charge in [-0.1, -0.05) is 36.3 Å². The summed E-state index contributed by atoms with van der Waals surface area (Å²) in [5, 5.41) is 21.5. The molecule has 124 valence electrons. The maximum absolute atomic E-state index is 12.4. The summed E-state index contributed by atoms with van der Waals surface area (Å²) < 4.78 is 5.21. The van der Waals surface area contributed by atoms with Crippen molar-refractivity contribution in [1.82, 2.24) is 10.2 Å². The summed E-state index contributed by atoms with van der Waals surface area (Å²) in [6.45, 7) is 0. The van der Waals surface area contributed by atoms with Gasteiger partial charge in [-0.2, -0.15) is 5.26 Å². The minimum absolute atomic E-state index is 0.258. The Morgan fingerprint density at radius 3 is 2.92 bits per heavy atom. The molecule has 1 aliphatic carbocycles. The number of hydrogen-bond acceptors (Lipinski definition) is 6. The van der Waals surface area contributed by atoms with Crippen molar-refractivity contribution in [1.29, 1.82) is 5.26 Å². The molecule has 0 aliphatic heterocycles. The summed E-state index contributed by atoms with van der Waals surface area (Å²) in [6, 6.07) is 9.94. The van der Waals surface area contributed by atoms with Crippen LogP contribution < -0.4 is 10.1 Å². The number of carbonyl (C=O) groups excluding carboxylic acids is 1. The fourth-order valence-electron chi connectivity index (χ4n) is 2.92. The van der Waals surface area contributed by atoms with Crippen LogP contribution in [0.15, 0.2) is 24.3 Å². The van der Waals surface area contributed by atoms with Crippen molar-refractivity contribution in [3.05, 3.63) is 34.8 Å². The van der Waals surface area contributed by atoms with E-state index in [2.05, 4.69) is 21.6 Å². The van der Waals surface area contributed by atoms with Gasteiger partial charge < -0.3 is 4.74 Å². The minimum atomic E-state index is -0.904. The van der Waals surface area contributed by atoms with Crippen molar-refractivity contribution in [2.45, 2.75) is 32.1 Å². The molecular weight excluding hydrogens is 324 g/mol. The molecule has 3 rings (SSSR count). The standard InChI is InChI=1S/C17H18N4O2S/c1-23-13-6-4-5-12(9-13)10-14-20-21-16(24-14)19-15(22)17(11-18)7-2-3-8-17/h4-6,9H,2-3,7-8,10H2,1H3,(H,19,21,22). The molecule has 1 fully saturated rings. The number of carbonyl (C=O) groups is 1. The van der Waals surface area contributed by atoms with E-state index in [9.17, 15) is 10.1 Å². The normalized spacial score (nSPS) is 15.7. The zero-order valence-corrected chi connectivity index (χ0v) is 14.2. The molecule has 1 saturated carbocycles. The molecule has 0 unspecified atom stereocenters. The summed E-state index contributed by atoms with van der Waals surface area (Å²) in [5.74, 6) is 0.536. The van der Waals surface area contributed by atoms with Gasteiger partial charge in [-0.3, -0.25) is 10.1 Å². The van der Waals surface area contributed by atoms with Crippen molar-refractivity contribution in [2.75, 3.05) is 12.4 Å². The first-order valence-electron chi connectivity index (χ1n) is 7.83. The van der Waals surface area contributed by atoms with Crippen LogP contribution in [0.2, 0.25) is 0 Å². The molecule has 0 saturated heterocycles. The van der Waals surface area contributed by atoms with Gasteiger partial charge in [-0.25, -0.2) is 0 Å². The van der Waals surface area contributed by atoms with Crippen molar-refractivity contribution >= 4 is 22.4 Å². The maximum Gasteiger partial charge on any atom is 0.246 e. The third-order valence-electron chi connectivity index (χ3n) is 4.28. The van der Waals surface area contributed by atoms with Crippen LogP contribution in [0.25, 0.3) is 0 Å². The average Bonchev–Trinajstić information content (AvgIpc) is 3.25. The van der Waals surface area contributed by atoms with Gasteiger partial charge in [0.2, 0.25) is 11.0 Å². The Morgan fingerprint density at radius 1 is 1.42 bits per heavy atom. The number of nitriles is 1. The van der Waals surface area contributed by atoms with Crippen molar-refractivity contribution in [2.24, 2.45) is 5.41 Å². The Labute approximate surface area is 144 Å². The highest BCUT2D eigenvalue weighted by molar-refractivity contribution is 7.15. The van der Waals surface area contributed by atoms with Crippen LogP contribution in [0, 0.1) is 16.7 Å². The third-order valence-corrected chi connectivity index (χ3v) is 5.12. The summed E-state index contributed by atoms with van der Waals surface area (Å²) in [5.41, 5.74) is 0.159. The second-order valence-corrected chi connectivity index (χ2v) is 6.95. The van der Waals surface area contributed by atoms with Gasteiger partial charge >= 0.3 is 0 Å². The fraction of sp³-hybridized carbons (Fsp3) is 0.412. The number of nitrogens with zero attached hydrogens (tertiary/aromatic N) is 3. The van der Waals surface area contributed by atoms with Gasteiger partial charge in [0.05, 0.1) is 13.2 Å². The van der Waals surface area contributed by atoms with E-state index in [4.69, 9.17) is 4.74 Å². The van der Waals surface area contributed by atoms with Crippen LogP contribution in [-0.4, -0.2) is 23.2 Å². The first kappa shape index (κ1) is 16.4. The lowest BCUT2D eigenvalue weighted by molar-refractivity contribution is -0.122. The number of hydrogen-bond donors (Lipinski definition) is 1. The van der Waals surface area contributed by atoms with E-state index in [-0.39, 0.29) is 5.91 Å². The van der Waals surface area contributed by atoms with Gasteiger partial charge in [-0.15, -0.1) is 10.2 Å². The van der Waals surface area contributed by atoms with Crippen LogP contribution in [0.3, 0.4) is 0 Å². The van der Waals surface area contributed by atoms with E-state index in [1.807, 2.05) is 24.3 Å². The Hall–Kier alpha value is -2.46. The number of aromatic nitrogens is 2. The number of anilines is 1. The Bertz CT molecular complexity index is 775. The molecule has 0 atom stereocenters. The predicted octanol–water partition coefficient (Wildman–Crippen LogP) is 3.16. The van der Waals surface area contributed by atoms with Gasteiger partial charge in [0.1, 0.15) is 16.2 Å². The molecule has 1 amide bonds. The van der Waals surface area contributed by atoms with Crippen LogP contribution in [0.1, 0.15) is 36.3 Å². The Morgan fingerprint density at radius 2 is 2.21 bits per heavy atom. The van der Waals surface area contributed by atoms with Gasteiger partial charge in [0.25, 0.3) is 0 Å². The zero-order chi connectivity index (χ0) is 17.0.